The molecule has 0 N–H and O–H groups in total. The molecule has 0 unspecified atom stereocenters. The van der Waals surface area contributed by atoms with Crippen LogP contribution in [0.1, 0.15) is 72.8 Å². The normalized spacial score (nSPS) is 10.7. The van der Waals surface area contributed by atoms with E-state index in [9.17, 15) is 0 Å². The molecule has 2 nitrogen and oxygen atoms in total. The second-order valence-corrected chi connectivity index (χ2v) is 10.7. The van der Waals surface area contributed by atoms with E-state index in [4.69, 9.17) is 22.1 Å². The SMILES string of the molecule is Cc1cc(CCCCCCCCCc2ccc(-c3ccc(C#N)cc3)c(Cl)c2)ccc1-c1ccc(C#N)cc1. The predicted octanol–water partition coefficient (Wildman–Crippen LogP) is 10.2. The lowest BCUT2D eigenvalue weighted by atomic mass is 9.96. The van der Waals surface area contributed by atoms with E-state index in [0.717, 1.165) is 29.0 Å². The van der Waals surface area contributed by atoms with E-state index in [1.807, 2.05) is 48.5 Å². The number of hydrogen-bond acceptors (Lipinski definition) is 2. The highest BCUT2D eigenvalue weighted by Crippen LogP contribution is 2.30. The summed E-state index contributed by atoms with van der Waals surface area (Å²) in [5.41, 5.74) is 9.82. The number of rotatable bonds is 12. The molecule has 3 heteroatoms. The van der Waals surface area contributed by atoms with Crippen molar-refractivity contribution in [3.05, 3.63) is 118 Å². The van der Waals surface area contributed by atoms with Crippen LogP contribution < -0.4 is 0 Å². The fraction of sp³-hybridized carbons (Fsp3) is 0.278. The van der Waals surface area contributed by atoms with Crippen LogP contribution in [0.15, 0.2) is 84.9 Å². The van der Waals surface area contributed by atoms with Gasteiger partial charge >= 0.3 is 0 Å². The Balaban J connectivity index is 1.11. The van der Waals surface area contributed by atoms with Gasteiger partial charge in [0.1, 0.15) is 0 Å². The molecule has 0 saturated carbocycles. The molecule has 4 rings (SSSR count). The van der Waals surface area contributed by atoms with Crippen LogP contribution in [0, 0.1) is 29.6 Å². The summed E-state index contributed by atoms with van der Waals surface area (Å²) in [5.74, 6) is 0. The summed E-state index contributed by atoms with van der Waals surface area (Å²) in [5, 5.41) is 18.8. The first-order chi connectivity index (χ1) is 19.1. The Kier molecular flexibility index (Phi) is 10.4. The molecule has 0 fully saturated rings. The lowest BCUT2D eigenvalue weighted by molar-refractivity contribution is 0.579. The van der Waals surface area contributed by atoms with E-state index in [-0.39, 0.29) is 0 Å². The Morgan fingerprint density at radius 2 is 0.974 bits per heavy atom. The lowest BCUT2D eigenvalue weighted by Gasteiger charge is -2.09. The largest absolute Gasteiger partial charge is 0.192 e. The fourth-order valence-corrected chi connectivity index (χ4v) is 5.46. The number of nitriles is 2. The number of hydrogen-bond donors (Lipinski definition) is 0. The van der Waals surface area contributed by atoms with E-state index in [0.29, 0.717) is 11.1 Å². The van der Waals surface area contributed by atoms with Crippen molar-refractivity contribution >= 4 is 11.6 Å². The Morgan fingerprint density at radius 1 is 0.538 bits per heavy atom. The van der Waals surface area contributed by atoms with Gasteiger partial charge in [0.25, 0.3) is 0 Å². The number of halogens is 1. The van der Waals surface area contributed by atoms with Crippen LogP contribution >= 0.6 is 11.6 Å². The van der Waals surface area contributed by atoms with Crippen LogP contribution in [-0.4, -0.2) is 0 Å². The fourth-order valence-electron chi connectivity index (χ4n) is 5.14. The summed E-state index contributed by atoms with van der Waals surface area (Å²) in [6.07, 6.45) is 11.0. The number of benzene rings is 4. The van der Waals surface area contributed by atoms with Crippen LogP contribution in [0.5, 0.6) is 0 Å². The molecule has 4 aromatic carbocycles. The van der Waals surface area contributed by atoms with Gasteiger partial charge in [0.05, 0.1) is 23.3 Å². The van der Waals surface area contributed by atoms with Gasteiger partial charge in [-0.15, -0.1) is 0 Å². The molecule has 0 spiro atoms. The molecule has 0 saturated heterocycles. The Bertz CT molecular complexity index is 1340. The number of nitrogens with zero attached hydrogens (tertiary/aromatic N) is 2. The maximum absolute atomic E-state index is 9.01. The molecule has 0 aliphatic heterocycles. The molecular weight excluding hydrogens is 496 g/mol. The van der Waals surface area contributed by atoms with Crippen LogP contribution in [0.3, 0.4) is 0 Å². The third-order valence-corrected chi connectivity index (χ3v) is 7.72. The maximum Gasteiger partial charge on any atom is 0.0991 e. The van der Waals surface area contributed by atoms with Crippen LogP contribution in [0.2, 0.25) is 5.02 Å². The summed E-state index contributed by atoms with van der Waals surface area (Å²) in [4.78, 5) is 0. The standard InChI is InChI=1S/C36H35ClN2/c1-27-23-28(15-21-34(27)32-17-11-30(25-38)12-18-32)9-7-5-3-2-4-6-8-10-29-16-22-35(36(37)24-29)33-19-13-31(26-39)14-20-33/h11-24H,2-10H2,1H3. The molecule has 0 aliphatic carbocycles. The van der Waals surface area contributed by atoms with E-state index < -0.39 is 0 Å². The molecule has 4 aromatic rings. The van der Waals surface area contributed by atoms with Gasteiger partial charge in [-0.2, -0.15) is 10.5 Å². The van der Waals surface area contributed by atoms with E-state index in [1.54, 1.807) is 0 Å². The summed E-state index contributed by atoms with van der Waals surface area (Å²) < 4.78 is 0. The summed E-state index contributed by atoms with van der Waals surface area (Å²) in [7, 11) is 0. The van der Waals surface area contributed by atoms with Crippen LogP contribution in [0.4, 0.5) is 0 Å². The molecular formula is C36H35ClN2. The average Bonchev–Trinajstić information content (AvgIpc) is 2.96. The van der Waals surface area contributed by atoms with Crippen molar-refractivity contribution in [3.8, 4) is 34.4 Å². The minimum absolute atomic E-state index is 0.660. The summed E-state index contributed by atoms with van der Waals surface area (Å²) in [6, 6.07) is 32.9. The molecule has 0 heterocycles. The lowest BCUT2D eigenvalue weighted by Crippen LogP contribution is -1.91. The molecule has 196 valence electrons. The van der Waals surface area contributed by atoms with Gasteiger partial charge in [-0.05, 0) is 96.3 Å². The zero-order chi connectivity index (χ0) is 27.5. The number of unbranched alkanes of at least 4 members (excludes halogenated alkanes) is 6. The van der Waals surface area contributed by atoms with E-state index in [1.165, 1.54) is 72.8 Å². The summed E-state index contributed by atoms with van der Waals surface area (Å²) in [6.45, 7) is 2.18. The first kappa shape index (κ1) is 28.2. The van der Waals surface area contributed by atoms with Gasteiger partial charge < -0.3 is 0 Å². The molecule has 0 amide bonds. The zero-order valence-electron chi connectivity index (χ0n) is 22.7. The monoisotopic (exact) mass is 530 g/mol. The first-order valence-corrected chi connectivity index (χ1v) is 14.3. The predicted molar refractivity (Wildman–Crippen MR) is 163 cm³/mol. The van der Waals surface area contributed by atoms with Gasteiger partial charge in [0.15, 0.2) is 0 Å². The molecule has 39 heavy (non-hydrogen) atoms. The van der Waals surface area contributed by atoms with Gasteiger partial charge in [0, 0.05) is 10.6 Å². The molecule has 0 radical (unpaired) electrons. The quantitative estimate of drug-likeness (QED) is 0.171. The third-order valence-electron chi connectivity index (χ3n) is 7.41. The van der Waals surface area contributed by atoms with Crippen molar-refractivity contribution in [2.75, 3.05) is 0 Å². The van der Waals surface area contributed by atoms with Crippen molar-refractivity contribution in [2.24, 2.45) is 0 Å². The Hall–Kier alpha value is -3.85. The topological polar surface area (TPSA) is 47.6 Å². The Labute approximate surface area is 238 Å². The second kappa shape index (κ2) is 14.3. The highest BCUT2D eigenvalue weighted by molar-refractivity contribution is 6.33. The van der Waals surface area contributed by atoms with Gasteiger partial charge in [-0.25, -0.2) is 0 Å². The molecule has 0 bridgehead atoms. The average molecular weight is 531 g/mol. The molecule has 0 aliphatic rings. The van der Waals surface area contributed by atoms with Crippen LogP contribution in [-0.2, 0) is 12.8 Å². The minimum atomic E-state index is 0.660. The van der Waals surface area contributed by atoms with Crippen molar-refractivity contribution in [3.63, 3.8) is 0 Å². The van der Waals surface area contributed by atoms with Gasteiger partial charge in [-0.1, -0.05) is 98.3 Å². The van der Waals surface area contributed by atoms with Gasteiger partial charge in [0.2, 0.25) is 0 Å². The van der Waals surface area contributed by atoms with Crippen molar-refractivity contribution in [2.45, 2.75) is 64.7 Å². The third kappa shape index (κ3) is 8.07. The minimum Gasteiger partial charge on any atom is -0.192 e. The zero-order valence-corrected chi connectivity index (χ0v) is 23.5. The van der Waals surface area contributed by atoms with Crippen molar-refractivity contribution in [1.29, 1.82) is 10.5 Å². The second-order valence-electron chi connectivity index (χ2n) is 10.3. The molecule has 0 aromatic heterocycles. The van der Waals surface area contributed by atoms with Gasteiger partial charge in [-0.3, -0.25) is 0 Å². The maximum atomic E-state index is 9.01. The van der Waals surface area contributed by atoms with Crippen molar-refractivity contribution in [1.82, 2.24) is 0 Å². The molecule has 0 atom stereocenters. The van der Waals surface area contributed by atoms with E-state index >= 15 is 0 Å². The Morgan fingerprint density at radius 3 is 1.44 bits per heavy atom. The van der Waals surface area contributed by atoms with E-state index in [2.05, 4.69) is 55.5 Å². The van der Waals surface area contributed by atoms with Crippen molar-refractivity contribution < 1.29 is 0 Å². The highest BCUT2D eigenvalue weighted by Gasteiger charge is 2.06. The number of aryl methyl sites for hydroxylation is 3. The smallest absolute Gasteiger partial charge is 0.0991 e. The highest BCUT2D eigenvalue weighted by atomic mass is 35.5. The first-order valence-electron chi connectivity index (χ1n) is 14.0. The van der Waals surface area contributed by atoms with Crippen LogP contribution in [0.25, 0.3) is 22.3 Å². The summed E-state index contributed by atoms with van der Waals surface area (Å²) >= 11 is 6.57.